The van der Waals surface area contributed by atoms with E-state index in [-0.39, 0.29) is 11.4 Å². The zero-order valence-electron chi connectivity index (χ0n) is 13.5. The number of hydrogen-bond acceptors (Lipinski definition) is 4. The van der Waals surface area contributed by atoms with Crippen LogP contribution in [0.5, 0.6) is 5.75 Å². The molecule has 0 spiro atoms. The molecule has 0 bridgehead atoms. The molecule has 25 heavy (non-hydrogen) atoms. The van der Waals surface area contributed by atoms with E-state index >= 15 is 0 Å². The van der Waals surface area contributed by atoms with Crippen LogP contribution in [0.3, 0.4) is 0 Å². The van der Waals surface area contributed by atoms with Crippen molar-refractivity contribution in [2.75, 3.05) is 11.9 Å². The van der Waals surface area contributed by atoms with Crippen LogP contribution in [0.2, 0.25) is 0 Å². The third-order valence-corrected chi connectivity index (χ3v) is 4.11. The van der Waals surface area contributed by atoms with E-state index < -0.39 is 29.9 Å². The number of benzene rings is 2. The van der Waals surface area contributed by atoms with E-state index in [0.717, 1.165) is 4.90 Å². The maximum atomic E-state index is 12.7. The van der Waals surface area contributed by atoms with Gasteiger partial charge >= 0.3 is 6.03 Å². The van der Waals surface area contributed by atoms with E-state index in [1.165, 1.54) is 12.1 Å². The predicted octanol–water partition coefficient (Wildman–Crippen LogP) is 1.80. The number of carbonyl (C=O) groups is 3. The third kappa shape index (κ3) is 3.03. The number of phenols is 1. The smallest absolute Gasteiger partial charge is 0.325 e. The highest BCUT2D eigenvalue weighted by molar-refractivity contribution is 6.10. The van der Waals surface area contributed by atoms with Crippen molar-refractivity contribution >= 4 is 23.5 Å². The Kier molecular flexibility index (Phi) is 4.14. The van der Waals surface area contributed by atoms with Crippen molar-refractivity contribution in [3.8, 4) is 5.75 Å². The Morgan fingerprint density at radius 3 is 2.44 bits per heavy atom. The summed E-state index contributed by atoms with van der Waals surface area (Å²) in [5, 5.41) is 14.8. The second-order valence-electron chi connectivity index (χ2n) is 5.88. The molecule has 0 aromatic heterocycles. The minimum Gasteiger partial charge on any atom is -0.506 e. The summed E-state index contributed by atoms with van der Waals surface area (Å²) >= 11 is 0. The molecule has 1 aliphatic heterocycles. The Morgan fingerprint density at radius 1 is 1.12 bits per heavy atom. The molecule has 7 nitrogen and oxygen atoms in total. The van der Waals surface area contributed by atoms with Gasteiger partial charge in [0.05, 0.1) is 5.69 Å². The molecule has 1 saturated heterocycles. The molecule has 1 aliphatic rings. The monoisotopic (exact) mass is 339 g/mol. The van der Waals surface area contributed by atoms with E-state index in [4.69, 9.17) is 0 Å². The number of carbonyl (C=O) groups excluding carboxylic acids is 3. The topological polar surface area (TPSA) is 98.7 Å². The molecule has 1 atom stereocenters. The van der Waals surface area contributed by atoms with E-state index in [1.54, 1.807) is 43.3 Å². The molecule has 3 N–H and O–H groups in total. The summed E-state index contributed by atoms with van der Waals surface area (Å²) in [6.45, 7) is 1.16. The molecular weight excluding hydrogens is 322 g/mol. The maximum absolute atomic E-state index is 12.7. The second kappa shape index (κ2) is 6.27. The highest BCUT2D eigenvalue weighted by atomic mass is 16.3. The predicted molar refractivity (Wildman–Crippen MR) is 90.8 cm³/mol. The van der Waals surface area contributed by atoms with Gasteiger partial charge in [0.25, 0.3) is 5.91 Å². The average Bonchev–Trinajstić information content (AvgIpc) is 2.82. The van der Waals surface area contributed by atoms with Crippen molar-refractivity contribution in [3.05, 3.63) is 60.2 Å². The first-order valence-corrected chi connectivity index (χ1v) is 7.69. The molecule has 2 aromatic rings. The Morgan fingerprint density at radius 2 is 1.76 bits per heavy atom. The molecule has 1 unspecified atom stereocenters. The number of anilines is 1. The molecular formula is C18H17N3O4. The zero-order valence-corrected chi connectivity index (χ0v) is 13.5. The SMILES string of the molecule is CC1(c2ccccc2)NC(=O)N(CC(=O)Nc2ccccc2O)C1=O. The molecule has 4 amide bonds. The van der Waals surface area contributed by atoms with Gasteiger partial charge in [0, 0.05) is 0 Å². The summed E-state index contributed by atoms with van der Waals surface area (Å²) in [5.74, 6) is -1.18. The normalized spacial score (nSPS) is 19.6. The van der Waals surface area contributed by atoms with E-state index in [0.29, 0.717) is 5.56 Å². The van der Waals surface area contributed by atoms with Crippen LogP contribution in [0.4, 0.5) is 10.5 Å². The summed E-state index contributed by atoms with van der Waals surface area (Å²) < 4.78 is 0. The summed E-state index contributed by atoms with van der Waals surface area (Å²) in [4.78, 5) is 37.9. The first-order chi connectivity index (χ1) is 11.9. The fourth-order valence-electron chi connectivity index (χ4n) is 2.72. The van der Waals surface area contributed by atoms with Crippen LogP contribution in [0.15, 0.2) is 54.6 Å². The van der Waals surface area contributed by atoms with E-state index in [9.17, 15) is 19.5 Å². The van der Waals surface area contributed by atoms with Crippen molar-refractivity contribution in [2.45, 2.75) is 12.5 Å². The molecule has 1 fully saturated rings. The van der Waals surface area contributed by atoms with Gasteiger partial charge in [0.1, 0.15) is 17.8 Å². The van der Waals surface area contributed by atoms with Crippen molar-refractivity contribution < 1.29 is 19.5 Å². The Labute approximate surface area is 144 Å². The van der Waals surface area contributed by atoms with Crippen LogP contribution < -0.4 is 10.6 Å². The fourth-order valence-corrected chi connectivity index (χ4v) is 2.72. The van der Waals surface area contributed by atoms with Crippen molar-refractivity contribution in [2.24, 2.45) is 0 Å². The number of hydrogen-bond donors (Lipinski definition) is 3. The summed E-state index contributed by atoms with van der Waals surface area (Å²) in [5.41, 5.74) is -0.365. The lowest BCUT2D eigenvalue weighted by molar-refractivity contribution is -0.133. The number of phenolic OH excluding ortho intramolecular Hbond substituents is 1. The minimum atomic E-state index is -1.21. The maximum Gasteiger partial charge on any atom is 0.325 e. The molecule has 0 saturated carbocycles. The molecule has 7 heteroatoms. The lowest BCUT2D eigenvalue weighted by atomic mass is 9.92. The van der Waals surface area contributed by atoms with Gasteiger partial charge in [-0.05, 0) is 24.6 Å². The lowest BCUT2D eigenvalue weighted by Gasteiger charge is -2.22. The van der Waals surface area contributed by atoms with E-state index in [1.807, 2.05) is 6.07 Å². The standard InChI is InChI=1S/C18H17N3O4/c1-18(12-7-3-2-4-8-12)16(24)21(17(25)20-18)11-15(23)19-13-9-5-6-10-14(13)22/h2-10,22H,11H2,1H3,(H,19,23)(H,20,25). The number of para-hydroxylation sites is 2. The number of nitrogens with zero attached hydrogens (tertiary/aromatic N) is 1. The number of amides is 4. The van der Waals surface area contributed by atoms with Gasteiger partial charge in [-0.1, -0.05) is 42.5 Å². The fraction of sp³-hybridized carbons (Fsp3) is 0.167. The lowest BCUT2D eigenvalue weighted by Crippen LogP contribution is -2.42. The van der Waals surface area contributed by atoms with Gasteiger partial charge in [0.15, 0.2) is 0 Å². The van der Waals surface area contributed by atoms with E-state index in [2.05, 4.69) is 10.6 Å². The van der Waals surface area contributed by atoms with Crippen molar-refractivity contribution in [3.63, 3.8) is 0 Å². The van der Waals surface area contributed by atoms with Crippen LogP contribution in [0.25, 0.3) is 0 Å². The van der Waals surface area contributed by atoms with Crippen LogP contribution in [0, 0.1) is 0 Å². The minimum absolute atomic E-state index is 0.0952. The van der Waals surface area contributed by atoms with Gasteiger partial charge in [-0.25, -0.2) is 4.79 Å². The van der Waals surface area contributed by atoms with Crippen LogP contribution in [-0.4, -0.2) is 34.4 Å². The molecule has 128 valence electrons. The number of urea groups is 1. The van der Waals surface area contributed by atoms with Gasteiger partial charge in [-0.2, -0.15) is 0 Å². The molecule has 2 aromatic carbocycles. The number of imide groups is 1. The summed E-state index contributed by atoms with van der Waals surface area (Å²) in [6.07, 6.45) is 0. The second-order valence-corrected chi connectivity index (χ2v) is 5.88. The van der Waals surface area contributed by atoms with Gasteiger partial charge in [0.2, 0.25) is 5.91 Å². The highest BCUT2D eigenvalue weighted by Crippen LogP contribution is 2.28. The van der Waals surface area contributed by atoms with Crippen LogP contribution in [0.1, 0.15) is 12.5 Å². The summed E-state index contributed by atoms with van der Waals surface area (Å²) in [7, 11) is 0. The average molecular weight is 339 g/mol. The molecule has 3 rings (SSSR count). The molecule has 0 aliphatic carbocycles. The first kappa shape index (κ1) is 16.5. The van der Waals surface area contributed by atoms with Crippen molar-refractivity contribution in [1.29, 1.82) is 0 Å². The summed E-state index contributed by atoms with van der Waals surface area (Å²) in [6, 6.07) is 14.4. The zero-order chi connectivity index (χ0) is 18.0. The van der Waals surface area contributed by atoms with Gasteiger partial charge < -0.3 is 15.7 Å². The Hall–Kier alpha value is -3.35. The molecule has 0 radical (unpaired) electrons. The van der Waals surface area contributed by atoms with Crippen LogP contribution >= 0.6 is 0 Å². The van der Waals surface area contributed by atoms with Gasteiger partial charge in [-0.15, -0.1) is 0 Å². The van der Waals surface area contributed by atoms with Crippen LogP contribution in [-0.2, 0) is 15.1 Å². The van der Waals surface area contributed by atoms with Crippen molar-refractivity contribution in [1.82, 2.24) is 10.2 Å². The molecule has 1 heterocycles. The quantitative estimate of drug-likeness (QED) is 0.584. The van der Waals surface area contributed by atoms with Gasteiger partial charge in [-0.3, -0.25) is 14.5 Å². The number of rotatable bonds is 4. The number of nitrogens with one attached hydrogen (secondary N) is 2. The highest BCUT2D eigenvalue weighted by Gasteiger charge is 2.49. The first-order valence-electron chi connectivity index (χ1n) is 7.69. The Bertz CT molecular complexity index is 837. The number of aromatic hydroxyl groups is 1. The Balaban J connectivity index is 1.75. The largest absolute Gasteiger partial charge is 0.506 e. The third-order valence-electron chi connectivity index (χ3n) is 4.11.